The molecule has 0 heterocycles. The summed E-state index contributed by atoms with van der Waals surface area (Å²) in [5.74, 6) is -0.496. The lowest BCUT2D eigenvalue weighted by molar-refractivity contribution is -0.134. The van der Waals surface area contributed by atoms with Crippen LogP contribution in [0.15, 0.2) is 48.5 Å². The van der Waals surface area contributed by atoms with Crippen molar-refractivity contribution in [2.45, 2.75) is 33.2 Å². The molecular formula is C22H26ClN3O2. The number of carbonyl (C=O) groups is 2. The van der Waals surface area contributed by atoms with Crippen LogP contribution in [0.5, 0.6) is 0 Å². The highest BCUT2D eigenvalue weighted by Gasteiger charge is 2.56. The summed E-state index contributed by atoms with van der Waals surface area (Å²) in [6.45, 7) is 6.38. The van der Waals surface area contributed by atoms with Crippen LogP contribution in [-0.4, -0.2) is 24.9 Å². The van der Waals surface area contributed by atoms with Crippen LogP contribution in [0.1, 0.15) is 32.3 Å². The topological polar surface area (TPSA) is 61.4 Å². The molecule has 0 saturated heterocycles. The van der Waals surface area contributed by atoms with Crippen molar-refractivity contribution in [3.05, 3.63) is 59.1 Å². The predicted molar refractivity (Wildman–Crippen MR) is 114 cm³/mol. The molecule has 1 aliphatic rings. The Kier molecular flexibility index (Phi) is 6.25. The van der Waals surface area contributed by atoms with Crippen molar-refractivity contribution < 1.29 is 9.59 Å². The fraction of sp³-hybridized carbons (Fsp3) is 0.364. The van der Waals surface area contributed by atoms with Crippen LogP contribution in [0.4, 0.5) is 11.4 Å². The van der Waals surface area contributed by atoms with Crippen LogP contribution in [-0.2, 0) is 16.1 Å². The van der Waals surface area contributed by atoms with E-state index in [9.17, 15) is 9.59 Å². The lowest BCUT2D eigenvalue weighted by Crippen LogP contribution is -2.39. The van der Waals surface area contributed by atoms with Crippen LogP contribution in [0, 0.1) is 5.41 Å². The second kappa shape index (κ2) is 8.65. The number of nitrogens with zero attached hydrogens (tertiary/aromatic N) is 1. The fourth-order valence-electron chi connectivity index (χ4n) is 3.26. The molecule has 28 heavy (non-hydrogen) atoms. The molecule has 0 aromatic heterocycles. The minimum Gasteiger partial charge on any atom is -0.372 e. The Morgan fingerprint density at radius 2 is 1.64 bits per heavy atom. The van der Waals surface area contributed by atoms with Gasteiger partial charge >= 0.3 is 0 Å². The molecule has 1 fully saturated rings. The third kappa shape index (κ3) is 4.30. The highest BCUT2D eigenvalue weighted by Crippen LogP contribution is 2.47. The maximum absolute atomic E-state index is 12.7. The van der Waals surface area contributed by atoms with E-state index in [2.05, 4.69) is 29.4 Å². The number of amides is 2. The smallest absolute Gasteiger partial charge is 0.240 e. The molecule has 3 rings (SSSR count). The molecule has 148 valence electrons. The molecule has 1 aliphatic carbocycles. The Labute approximate surface area is 171 Å². The summed E-state index contributed by atoms with van der Waals surface area (Å²) in [5, 5.41) is 6.35. The third-order valence-corrected chi connectivity index (χ3v) is 5.64. The van der Waals surface area contributed by atoms with Crippen LogP contribution >= 0.6 is 11.6 Å². The Morgan fingerprint density at radius 3 is 2.21 bits per heavy atom. The molecule has 2 N–H and O–H groups in total. The third-order valence-electron chi connectivity index (χ3n) is 5.27. The normalized spacial score (nSPS) is 14.2. The van der Waals surface area contributed by atoms with E-state index in [4.69, 9.17) is 11.6 Å². The zero-order chi connectivity index (χ0) is 20.1. The van der Waals surface area contributed by atoms with Gasteiger partial charge in [-0.1, -0.05) is 29.8 Å². The Morgan fingerprint density at radius 1 is 1.00 bits per heavy atom. The van der Waals surface area contributed by atoms with Gasteiger partial charge in [-0.3, -0.25) is 9.59 Å². The number of rotatable bonds is 8. The summed E-state index contributed by atoms with van der Waals surface area (Å²) in [6, 6.07) is 15.1. The van der Waals surface area contributed by atoms with Crippen molar-refractivity contribution in [1.29, 1.82) is 0 Å². The predicted octanol–water partition coefficient (Wildman–Crippen LogP) is 4.22. The first-order valence-electron chi connectivity index (χ1n) is 9.68. The molecule has 2 aromatic carbocycles. The monoisotopic (exact) mass is 399 g/mol. The van der Waals surface area contributed by atoms with E-state index in [-0.39, 0.29) is 11.8 Å². The maximum atomic E-state index is 12.7. The summed E-state index contributed by atoms with van der Waals surface area (Å²) in [4.78, 5) is 27.6. The van der Waals surface area contributed by atoms with Crippen molar-refractivity contribution in [2.75, 3.05) is 23.3 Å². The van der Waals surface area contributed by atoms with Gasteiger partial charge in [0.05, 0.1) is 0 Å². The number of halogens is 1. The van der Waals surface area contributed by atoms with Crippen molar-refractivity contribution in [1.82, 2.24) is 5.32 Å². The quantitative estimate of drug-likeness (QED) is 0.653. The number of carbonyl (C=O) groups excluding carboxylic acids is 2. The van der Waals surface area contributed by atoms with Gasteiger partial charge in [-0.2, -0.15) is 0 Å². The highest BCUT2D eigenvalue weighted by atomic mass is 35.5. The summed E-state index contributed by atoms with van der Waals surface area (Å²) in [7, 11) is 0. The first kappa shape index (κ1) is 20.2. The second-order valence-corrected chi connectivity index (χ2v) is 7.44. The van der Waals surface area contributed by atoms with E-state index in [1.54, 1.807) is 6.07 Å². The summed E-state index contributed by atoms with van der Waals surface area (Å²) >= 11 is 6.13. The zero-order valence-corrected chi connectivity index (χ0v) is 17.1. The first-order chi connectivity index (χ1) is 13.5. The van der Waals surface area contributed by atoms with Crippen molar-refractivity contribution >= 4 is 34.8 Å². The van der Waals surface area contributed by atoms with Gasteiger partial charge in [0.2, 0.25) is 11.8 Å². The van der Waals surface area contributed by atoms with E-state index in [1.165, 1.54) is 0 Å². The van der Waals surface area contributed by atoms with Gasteiger partial charge in [0.1, 0.15) is 5.41 Å². The largest absolute Gasteiger partial charge is 0.372 e. The molecule has 0 bridgehead atoms. The number of benzene rings is 2. The SMILES string of the molecule is CCN(CC)c1ccc(NC(=O)C2(C(=O)NCc3ccccc3Cl)CC2)cc1. The van der Waals surface area contributed by atoms with Gasteiger partial charge in [-0.15, -0.1) is 0 Å². The van der Waals surface area contributed by atoms with E-state index in [0.717, 1.165) is 24.3 Å². The van der Waals surface area contributed by atoms with Crippen LogP contribution in [0.3, 0.4) is 0 Å². The molecular weight excluding hydrogens is 374 g/mol. The minimum absolute atomic E-state index is 0.246. The molecule has 0 radical (unpaired) electrons. The summed E-state index contributed by atoms with van der Waals surface area (Å²) in [6.07, 6.45) is 1.12. The fourth-order valence-corrected chi connectivity index (χ4v) is 3.47. The van der Waals surface area contributed by atoms with Gasteiger partial charge in [0.15, 0.2) is 0 Å². The lowest BCUT2D eigenvalue weighted by Gasteiger charge is -2.21. The second-order valence-electron chi connectivity index (χ2n) is 7.03. The molecule has 2 amide bonds. The molecule has 0 aliphatic heterocycles. The average molecular weight is 400 g/mol. The van der Waals surface area contributed by atoms with E-state index >= 15 is 0 Å². The molecule has 0 atom stereocenters. The van der Waals surface area contributed by atoms with Gasteiger partial charge in [0.25, 0.3) is 0 Å². The Balaban J connectivity index is 1.60. The van der Waals surface area contributed by atoms with Crippen LogP contribution in [0.2, 0.25) is 5.02 Å². The summed E-state index contributed by atoms with van der Waals surface area (Å²) < 4.78 is 0. The van der Waals surface area contributed by atoms with E-state index < -0.39 is 5.41 Å². The highest BCUT2D eigenvalue weighted by molar-refractivity contribution is 6.31. The van der Waals surface area contributed by atoms with Crippen molar-refractivity contribution in [2.24, 2.45) is 5.41 Å². The Hall–Kier alpha value is -2.53. The zero-order valence-electron chi connectivity index (χ0n) is 16.3. The van der Waals surface area contributed by atoms with Gasteiger partial charge in [0, 0.05) is 36.0 Å². The Bertz CT molecular complexity index is 843. The number of hydrogen-bond donors (Lipinski definition) is 2. The number of nitrogens with one attached hydrogen (secondary N) is 2. The van der Waals surface area contributed by atoms with E-state index in [0.29, 0.717) is 30.1 Å². The van der Waals surface area contributed by atoms with Crippen molar-refractivity contribution in [3.8, 4) is 0 Å². The van der Waals surface area contributed by atoms with Crippen molar-refractivity contribution in [3.63, 3.8) is 0 Å². The number of hydrogen-bond acceptors (Lipinski definition) is 3. The standard InChI is InChI=1S/C22H26ClN3O2/c1-3-26(4-2)18-11-9-17(10-12-18)25-21(28)22(13-14-22)20(27)24-15-16-7-5-6-8-19(16)23/h5-12H,3-4,13-15H2,1-2H3,(H,24,27)(H,25,28). The number of anilines is 2. The average Bonchev–Trinajstić information content (AvgIpc) is 3.51. The first-order valence-corrected chi connectivity index (χ1v) is 10.1. The van der Waals surface area contributed by atoms with Gasteiger partial charge in [-0.05, 0) is 62.6 Å². The molecule has 6 heteroatoms. The summed E-state index contributed by atoms with van der Waals surface area (Å²) in [5.41, 5.74) is 1.67. The molecule has 5 nitrogen and oxygen atoms in total. The molecule has 0 unspecified atom stereocenters. The molecule has 1 saturated carbocycles. The lowest BCUT2D eigenvalue weighted by atomic mass is 10.0. The maximum Gasteiger partial charge on any atom is 0.240 e. The van der Waals surface area contributed by atoms with Gasteiger partial charge < -0.3 is 15.5 Å². The molecule has 2 aromatic rings. The molecule has 0 spiro atoms. The van der Waals surface area contributed by atoms with Crippen LogP contribution in [0.25, 0.3) is 0 Å². The van der Waals surface area contributed by atoms with E-state index in [1.807, 2.05) is 42.5 Å². The van der Waals surface area contributed by atoms with Crippen LogP contribution < -0.4 is 15.5 Å². The van der Waals surface area contributed by atoms with Gasteiger partial charge in [-0.25, -0.2) is 0 Å². The minimum atomic E-state index is -0.973.